The molecule has 3 amide bonds. The molecule has 4 atom stereocenters. The number of alkyl carbamates (subject to hydrolysis) is 1. The van der Waals surface area contributed by atoms with Crippen LogP contribution in [0.15, 0.2) is 0 Å². The van der Waals surface area contributed by atoms with Crippen LogP contribution in [-0.2, 0) is 32.9 Å². The van der Waals surface area contributed by atoms with Crippen LogP contribution >= 0.6 is 7.82 Å². The summed E-state index contributed by atoms with van der Waals surface area (Å²) in [6.07, 6.45) is -0.0394. The number of carbonyl (C=O) groups excluding carboxylic acids is 4. The maximum atomic E-state index is 13.0. The molecule has 0 saturated carbocycles. The van der Waals surface area contributed by atoms with Crippen molar-refractivity contribution >= 4 is 31.5 Å². The van der Waals surface area contributed by atoms with Gasteiger partial charge in [-0.15, -0.1) is 0 Å². The van der Waals surface area contributed by atoms with E-state index in [0.29, 0.717) is 26.0 Å². The molecule has 33 heavy (non-hydrogen) atoms. The normalized spacial score (nSPS) is 22.5. The highest BCUT2D eigenvalue weighted by atomic mass is 31.2. The topological polar surface area (TPSA) is 190 Å². The second-order valence-electron chi connectivity index (χ2n) is 8.52. The standard InChI is InChI=1S/C19H32N3O10P/c1-11(2)7-15(22-19(26)32-13-4-6-30-9-13)18(25)21-14(8-12-3-5-20-17(12)24)16(23)10-31-33(27,28)29/h11-15H,3-10H2,1-2H3,(H,20,24)(H,21,25)(H,22,26)(H2,27,28,29)/t12-,13+,14-,15-/m0/s1. The molecule has 2 rings (SSSR count). The summed E-state index contributed by atoms with van der Waals surface area (Å²) in [7, 11) is -4.91. The zero-order chi connectivity index (χ0) is 24.6. The number of phosphoric acid groups is 1. The molecular formula is C19H32N3O10P. The average Bonchev–Trinajstić information content (AvgIpc) is 3.36. The first-order valence-electron chi connectivity index (χ1n) is 10.8. The monoisotopic (exact) mass is 493 g/mol. The van der Waals surface area contributed by atoms with Gasteiger partial charge in [-0.05, 0) is 25.2 Å². The van der Waals surface area contributed by atoms with Gasteiger partial charge < -0.3 is 35.2 Å². The maximum absolute atomic E-state index is 13.0. The quantitative estimate of drug-likeness (QED) is 0.224. The fourth-order valence-electron chi connectivity index (χ4n) is 3.58. The van der Waals surface area contributed by atoms with Gasteiger partial charge >= 0.3 is 13.9 Å². The molecule has 2 aliphatic heterocycles. The number of ketones is 1. The van der Waals surface area contributed by atoms with Crippen LogP contribution in [0.1, 0.15) is 39.5 Å². The minimum absolute atomic E-state index is 0.00335. The summed E-state index contributed by atoms with van der Waals surface area (Å²) in [5.74, 6) is -2.32. The highest BCUT2D eigenvalue weighted by Gasteiger charge is 2.34. The van der Waals surface area contributed by atoms with Crippen LogP contribution in [0.25, 0.3) is 0 Å². The summed E-state index contributed by atoms with van der Waals surface area (Å²) >= 11 is 0. The second kappa shape index (κ2) is 12.4. The summed E-state index contributed by atoms with van der Waals surface area (Å²) in [6, 6.07) is -2.27. The lowest BCUT2D eigenvalue weighted by atomic mass is 9.95. The zero-order valence-electron chi connectivity index (χ0n) is 18.7. The molecule has 188 valence electrons. The molecule has 0 spiro atoms. The van der Waals surface area contributed by atoms with E-state index in [1.807, 2.05) is 13.8 Å². The maximum Gasteiger partial charge on any atom is 0.470 e. The highest BCUT2D eigenvalue weighted by Crippen LogP contribution is 2.35. The Morgan fingerprint density at radius 3 is 2.48 bits per heavy atom. The smallest absolute Gasteiger partial charge is 0.444 e. The molecule has 14 heteroatoms. The summed E-state index contributed by atoms with van der Waals surface area (Å²) in [5, 5.41) is 7.64. The predicted octanol–water partition coefficient (Wildman–Crippen LogP) is -0.394. The second-order valence-corrected chi connectivity index (χ2v) is 9.76. The van der Waals surface area contributed by atoms with Crippen molar-refractivity contribution in [2.45, 2.75) is 57.7 Å². The Balaban J connectivity index is 2.06. The van der Waals surface area contributed by atoms with Gasteiger partial charge in [-0.2, -0.15) is 0 Å². The van der Waals surface area contributed by atoms with Crippen LogP contribution in [0.5, 0.6) is 0 Å². The number of ether oxygens (including phenoxy) is 2. The zero-order valence-corrected chi connectivity index (χ0v) is 19.5. The predicted molar refractivity (Wildman–Crippen MR) is 113 cm³/mol. The van der Waals surface area contributed by atoms with Crippen LogP contribution in [0.4, 0.5) is 4.79 Å². The fraction of sp³-hybridized carbons (Fsp3) is 0.789. The van der Waals surface area contributed by atoms with Crippen LogP contribution in [-0.4, -0.2) is 78.0 Å². The summed E-state index contributed by atoms with van der Waals surface area (Å²) in [6.45, 7) is 3.91. The first-order chi connectivity index (χ1) is 15.4. The number of nitrogens with one attached hydrogen (secondary N) is 3. The Labute approximate surface area is 191 Å². The Morgan fingerprint density at radius 1 is 1.21 bits per heavy atom. The molecule has 2 fully saturated rings. The molecule has 0 aromatic rings. The SMILES string of the molecule is CC(C)C[C@H](NC(=O)O[C@@H]1CCOC1)C(=O)N[C@@H](C[C@@H]1CCNC1=O)C(=O)COP(=O)(O)O. The van der Waals surface area contributed by atoms with Crippen molar-refractivity contribution in [2.24, 2.45) is 11.8 Å². The van der Waals surface area contributed by atoms with Gasteiger partial charge in [0.15, 0.2) is 5.78 Å². The van der Waals surface area contributed by atoms with E-state index in [-0.39, 0.29) is 31.3 Å². The Hall–Kier alpha value is -2.05. The molecule has 13 nitrogen and oxygen atoms in total. The molecule has 2 heterocycles. The van der Waals surface area contributed by atoms with E-state index in [1.54, 1.807) is 0 Å². The van der Waals surface area contributed by atoms with Gasteiger partial charge in [-0.1, -0.05) is 13.8 Å². The van der Waals surface area contributed by atoms with E-state index in [2.05, 4.69) is 20.5 Å². The third-order valence-corrected chi connectivity index (χ3v) is 5.71. The van der Waals surface area contributed by atoms with E-state index in [1.165, 1.54) is 0 Å². The number of hydrogen-bond acceptors (Lipinski definition) is 8. The van der Waals surface area contributed by atoms with E-state index < -0.39 is 56.3 Å². The largest absolute Gasteiger partial charge is 0.470 e. The van der Waals surface area contributed by atoms with Gasteiger partial charge in [-0.3, -0.25) is 18.9 Å². The van der Waals surface area contributed by atoms with Gasteiger partial charge in [0, 0.05) is 18.9 Å². The molecule has 5 N–H and O–H groups in total. The van der Waals surface area contributed by atoms with Crippen molar-refractivity contribution in [1.82, 2.24) is 16.0 Å². The summed E-state index contributed by atoms with van der Waals surface area (Å²) in [5.41, 5.74) is 0. The van der Waals surface area contributed by atoms with Crippen molar-refractivity contribution in [2.75, 3.05) is 26.4 Å². The van der Waals surface area contributed by atoms with Crippen LogP contribution in [0.3, 0.4) is 0 Å². The number of hydrogen-bond donors (Lipinski definition) is 5. The van der Waals surface area contributed by atoms with Crippen molar-refractivity contribution in [1.29, 1.82) is 0 Å². The minimum Gasteiger partial charge on any atom is -0.444 e. The lowest BCUT2D eigenvalue weighted by molar-refractivity contribution is -0.131. The van der Waals surface area contributed by atoms with E-state index in [4.69, 9.17) is 19.3 Å². The van der Waals surface area contributed by atoms with Crippen molar-refractivity contribution in [3.05, 3.63) is 0 Å². The van der Waals surface area contributed by atoms with Crippen molar-refractivity contribution < 1.29 is 47.5 Å². The number of rotatable bonds is 12. The molecule has 0 aliphatic carbocycles. The van der Waals surface area contributed by atoms with Crippen LogP contribution in [0, 0.1) is 11.8 Å². The number of Topliss-reactive ketones (excluding diaryl/α,β-unsaturated/α-hetero) is 1. The third-order valence-electron chi connectivity index (χ3n) is 5.24. The first-order valence-corrected chi connectivity index (χ1v) is 12.3. The van der Waals surface area contributed by atoms with E-state index in [9.17, 15) is 23.7 Å². The van der Waals surface area contributed by atoms with Crippen molar-refractivity contribution in [3.8, 4) is 0 Å². The highest BCUT2D eigenvalue weighted by molar-refractivity contribution is 7.46. The molecule has 0 radical (unpaired) electrons. The Morgan fingerprint density at radius 2 is 1.94 bits per heavy atom. The summed E-state index contributed by atoms with van der Waals surface area (Å²) in [4.78, 5) is 67.5. The van der Waals surface area contributed by atoms with Crippen LogP contribution < -0.4 is 16.0 Å². The van der Waals surface area contributed by atoms with Gasteiger partial charge in [0.25, 0.3) is 0 Å². The van der Waals surface area contributed by atoms with Crippen LogP contribution in [0.2, 0.25) is 0 Å². The van der Waals surface area contributed by atoms with Crippen molar-refractivity contribution in [3.63, 3.8) is 0 Å². The first kappa shape index (κ1) is 27.2. The number of amides is 3. The Bertz CT molecular complexity index is 765. The number of carbonyl (C=O) groups is 4. The van der Waals surface area contributed by atoms with Gasteiger partial charge in [-0.25, -0.2) is 9.36 Å². The molecule has 0 aromatic carbocycles. The molecule has 2 aliphatic rings. The third kappa shape index (κ3) is 9.76. The van der Waals surface area contributed by atoms with E-state index >= 15 is 0 Å². The minimum atomic E-state index is -4.91. The molecule has 2 saturated heterocycles. The fourth-order valence-corrected chi connectivity index (χ4v) is 3.88. The Kier molecular flexibility index (Phi) is 10.2. The average molecular weight is 493 g/mol. The van der Waals surface area contributed by atoms with Gasteiger partial charge in [0.1, 0.15) is 18.8 Å². The molecular weight excluding hydrogens is 461 g/mol. The lowest BCUT2D eigenvalue weighted by Crippen LogP contribution is -2.53. The van der Waals surface area contributed by atoms with Gasteiger partial charge in [0.2, 0.25) is 11.8 Å². The summed E-state index contributed by atoms with van der Waals surface area (Å²) < 4.78 is 25.6. The molecule has 0 bridgehead atoms. The lowest BCUT2D eigenvalue weighted by Gasteiger charge is -2.25. The van der Waals surface area contributed by atoms with Gasteiger partial charge in [0.05, 0.1) is 19.3 Å². The van der Waals surface area contributed by atoms with E-state index in [0.717, 1.165) is 0 Å². The number of phosphoric ester groups is 1. The molecule has 0 aromatic heterocycles. The molecule has 0 unspecified atom stereocenters.